The molecule has 1 aliphatic carbocycles. The summed E-state index contributed by atoms with van der Waals surface area (Å²) in [4.78, 5) is 27.7. The van der Waals surface area contributed by atoms with E-state index < -0.39 is 21.1 Å². The second-order valence-corrected chi connectivity index (χ2v) is 7.36. The van der Waals surface area contributed by atoms with Crippen LogP contribution in [0, 0.1) is 6.92 Å². The fraction of sp³-hybridized carbons (Fsp3) is 0.429. The van der Waals surface area contributed by atoms with Crippen LogP contribution in [-0.2, 0) is 10.0 Å². The summed E-state index contributed by atoms with van der Waals surface area (Å²) in [7, 11) is -3.65. The summed E-state index contributed by atoms with van der Waals surface area (Å²) >= 11 is 0. The quantitative estimate of drug-likeness (QED) is 0.723. The standard InChI is InChI=1S/C14H17N3O4S/c1-8-6-10-11(16-14(19)13(18)15-10)7-12(8)22(20,21)17-9-4-2-3-5-9/h6-7,9,17H,2-5H2,1H3,(H,15,18)(H,16,19). The molecule has 0 aliphatic heterocycles. The maximum Gasteiger partial charge on any atom is 0.314 e. The molecule has 2 aromatic rings. The number of H-pyrrole nitrogens is 2. The SMILES string of the molecule is Cc1cc2[nH]c(=O)c(=O)[nH]c2cc1S(=O)(=O)NC1CCCC1. The van der Waals surface area contributed by atoms with Crippen LogP contribution >= 0.6 is 0 Å². The van der Waals surface area contributed by atoms with Gasteiger partial charge in [-0.2, -0.15) is 0 Å². The molecule has 0 amide bonds. The number of nitrogens with one attached hydrogen (secondary N) is 3. The van der Waals surface area contributed by atoms with E-state index in [-0.39, 0.29) is 10.9 Å². The van der Waals surface area contributed by atoms with Gasteiger partial charge in [-0.25, -0.2) is 13.1 Å². The first-order chi connectivity index (χ1) is 10.4. The summed E-state index contributed by atoms with van der Waals surface area (Å²) in [5.41, 5.74) is -0.348. The Morgan fingerprint density at radius 1 is 1.05 bits per heavy atom. The second-order valence-electron chi connectivity index (χ2n) is 5.67. The average Bonchev–Trinajstić information content (AvgIpc) is 2.92. The third kappa shape index (κ3) is 2.71. The Labute approximate surface area is 126 Å². The van der Waals surface area contributed by atoms with Crippen molar-refractivity contribution in [3.63, 3.8) is 0 Å². The molecule has 1 fully saturated rings. The maximum atomic E-state index is 12.5. The first-order valence-corrected chi connectivity index (χ1v) is 8.64. The molecule has 1 heterocycles. The van der Waals surface area contributed by atoms with E-state index in [1.807, 2.05) is 0 Å². The molecule has 22 heavy (non-hydrogen) atoms. The highest BCUT2D eigenvalue weighted by Crippen LogP contribution is 2.23. The summed E-state index contributed by atoms with van der Waals surface area (Å²) in [6.07, 6.45) is 3.74. The molecule has 1 aliphatic rings. The highest BCUT2D eigenvalue weighted by atomic mass is 32.2. The van der Waals surface area contributed by atoms with Crippen LogP contribution in [0.1, 0.15) is 31.2 Å². The molecule has 0 spiro atoms. The first-order valence-electron chi connectivity index (χ1n) is 7.16. The zero-order chi connectivity index (χ0) is 15.9. The lowest BCUT2D eigenvalue weighted by Gasteiger charge is -2.14. The lowest BCUT2D eigenvalue weighted by atomic mass is 10.2. The number of hydrogen-bond donors (Lipinski definition) is 3. The summed E-state index contributed by atoms with van der Waals surface area (Å²) in [5.74, 6) is 0. The molecule has 8 heteroatoms. The maximum absolute atomic E-state index is 12.5. The van der Waals surface area contributed by atoms with Gasteiger partial charge >= 0.3 is 11.1 Å². The number of aromatic amines is 2. The summed E-state index contributed by atoms with van der Waals surface area (Å²) in [5, 5.41) is 0. The van der Waals surface area contributed by atoms with Gasteiger partial charge in [0.05, 0.1) is 15.9 Å². The van der Waals surface area contributed by atoms with E-state index in [1.54, 1.807) is 13.0 Å². The van der Waals surface area contributed by atoms with E-state index in [0.29, 0.717) is 16.6 Å². The zero-order valence-corrected chi connectivity index (χ0v) is 12.9. The summed E-state index contributed by atoms with van der Waals surface area (Å²) in [6.45, 7) is 1.66. The monoisotopic (exact) mass is 323 g/mol. The molecule has 0 saturated heterocycles. The Morgan fingerprint density at radius 3 is 2.18 bits per heavy atom. The largest absolute Gasteiger partial charge is 0.316 e. The van der Waals surface area contributed by atoms with Crippen molar-refractivity contribution in [1.82, 2.24) is 14.7 Å². The molecule has 1 aromatic carbocycles. The van der Waals surface area contributed by atoms with Crippen LogP contribution in [-0.4, -0.2) is 24.4 Å². The number of fused-ring (bicyclic) bond motifs is 1. The molecule has 0 atom stereocenters. The summed E-state index contributed by atoms with van der Waals surface area (Å²) in [6, 6.07) is 2.91. The van der Waals surface area contributed by atoms with Crippen LogP contribution in [0.3, 0.4) is 0 Å². The van der Waals surface area contributed by atoms with E-state index in [9.17, 15) is 18.0 Å². The minimum Gasteiger partial charge on any atom is -0.316 e. The molecule has 0 unspecified atom stereocenters. The first kappa shape index (κ1) is 15.0. The lowest BCUT2D eigenvalue weighted by molar-refractivity contribution is 0.552. The van der Waals surface area contributed by atoms with Gasteiger partial charge in [-0.3, -0.25) is 9.59 Å². The lowest BCUT2D eigenvalue weighted by Crippen LogP contribution is -2.33. The number of aryl methyl sites for hydroxylation is 1. The van der Waals surface area contributed by atoms with Crippen molar-refractivity contribution in [3.05, 3.63) is 38.4 Å². The van der Waals surface area contributed by atoms with Crippen LogP contribution in [0.2, 0.25) is 0 Å². The zero-order valence-electron chi connectivity index (χ0n) is 12.1. The Bertz CT molecular complexity index is 937. The average molecular weight is 323 g/mol. The third-order valence-electron chi connectivity index (χ3n) is 3.98. The predicted molar refractivity (Wildman–Crippen MR) is 82.5 cm³/mol. The van der Waals surface area contributed by atoms with Crippen molar-refractivity contribution in [2.75, 3.05) is 0 Å². The van der Waals surface area contributed by atoms with Gasteiger partial charge in [0.2, 0.25) is 10.0 Å². The third-order valence-corrected chi connectivity index (χ3v) is 5.65. The number of aromatic nitrogens is 2. The minimum absolute atomic E-state index is 0.0327. The predicted octanol–water partition coefficient (Wildman–Crippen LogP) is 0.746. The fourth-order valence-corrected chi connectivity index (χ4v) is 4.43. The van der Waals surface area contributed by atoms with Crippen molar-refractivity contribution in [2.45, 2.75) is 43.5 Å². The van der Waals surface area contributed by atoms with E-state index in [1.165, 1.54) is 6.07 Å². The number of benzene rings is 1. The van der Waals surface area contributed by atoms with Crippen LogP contribution in [0.15, 0.2) is 26.6 Å². The van der Waals surface area contributed by atoms with Crippen molar-refractivity contribution < 1.29 is 8.42 Å². The van der Waals surface area contributed by atoms with Crippen LogP contribution in [0.5, 0.6) is 0 Å². The summed E-state index contributed by atoms with van der Waals surface area (Å²) < 4.78 is 27.8. The fourth-order valence-electron chi connectivity index (χ4n) is 2.87. The van der Waals surface area contributed by atoms with Crippen molar-refractivity contribution >= 4 is 21.1 Å². The van der Waals surface area contributed by atoms with Crippen LogP contribution in [0.25, 0.3) is 11.0 Å². The Kier molecular flexibility index (Phi) is 3.65. The van der Waals surface area contributed by atoms with E-state index in [2.05, 4.69) is 14.7 Å². The van der Waals surface area contributed by atoms with Crippen molar-refractivity contribution in [1.29, 1.82) is 0 Å². The van der Waals surface area contributed by atoms with E-state index in [4.69, 9.17) is 0 Å². The van der Waals surface area contributed by atoms with Gasteiger partial charge < -0.3 is 9.97 Å². The van der Waals surface area contributed by atoms with Crippen LogP contribution in [0.4, 0.5) is 0 Å². The Hall–Kier alpha value is -1.93. The smallest absolute Gasteiger partial charge is 0.314 e. The highest BCUT2D eigenvalue weighted by Gasteiger charge is 2.24. The minimum atomic E-state index is -3.65. The second kappa shape index (κ2) is 5.36. The van der Waals surface area contributed by atoms with Crippen LogP contribution < -0.4 is 15.8 Å². The van der Waals surface area contributed by atoms with Gasteiger partial charge in [-0.1, -0.05) is 12.8 Å². The molecule has 3 rings (SSSR count). The number of hydrogen-bond acceptors (Lipinski definition) is 4. The van der Waals surface area contributed by atoms with Gasteiger partial charge in [0, 0.05) is 6.04 Å². The number of sulfonamides is 1. The van der Waals surface area contributed by atoms with E-state index in [0.717, 1.165) is 25.7 Å². The van der Waals surface area contributed by atoms with Crippen molar-refractivity contribution in [3.8, 4) is 0 Å². The van der Waals surface area contributed by atoms with Gasteiger partial charge in [0.25, 0.3) is 0 Å². The van der Waals surface area contributed by atoms with Gasteiger partial charge in [-0.15, -0.1) is 0 Å². The molecule has 0 radical (unpaired) electrons. The van der Waals surface area contributed by atoms with Gasteiger partial charge in [0.1, 0.15) is 0 Å². The molecule has 3 N–H and O–H groups in total. The van der Waals surface area contributed by atoms with Gasteiger partial charge in [0.15, 0.2) is 0 Å². The molecular weight excluding hydrogens is 306 g/mol. The van der Waals surface area contributed by atoms with Crippen molar-refractivity contribution in [2.24, 2.45) is 0 Å². The molecule has 7 nitrogen and oxygen atoms in total. The van der Waals surface area contributed by atoms with E-state index >= 15 is 0 Å². The Morgan fingerprint density at radius 2 is 1.59 bits per heavy atom. The Balaban J connectivity index is 2.09. The molecule has 0 bridgehead atoms. The number of rotatable bonds is 3. The normalized spacial score (nSPS) is 16.4. The molecule has 1 aromatic heterocycles. The van der Waals surface area contributed by atoms with Gasteiger partial charge in [-0.05, 0) is 37.5 Å². The topological polar surface area (TPSA) is 112 Å². The molecule has 1 saturated carbocycles. The highest BCUT2D eigenvalue weighted by molar-refractivity contribution is 7.89. The molecular formula is C14H17N3O4S. The molecule has 118 valence electrons.